The molecule has 2 rings (SSSR count). The first-order valence-corrected chi connectivity index (χ1v) is 8.16. The Hall–Kier alpha value is -1.73. The molecule has 1 aliphatic heterocycles. The van der Waals surface area contributed by atoms with Crippen molar-refractivity contribution in [2.75, 3.05) is 13.1 Å². The second-order valence-electron chi connectivity index (χ2n) is 7.54. The van der Waals surface area contributed by atoms with E-state index < -0.39 is 23.7 Å². The van der Waals surface area contributed by atoms with Crippen LogP contribution in [0.5, 0.6) is 0 Å². The summed E-state index contributed by atoms with van der Waals surface area (Å²) in [4.78, 5) is 17.7. The number of amides is 2. The average molecular weight is 346 g/mol. The fraction of sp³-hybridized carbons (Fsp3) is 0.750. The van der Waals surface area contributed by atoms with E-state index in [1.54, 1.807) is 33.3 Å². The van der Waals surface area contributed by atoms with Crippen molar-refractivity contribution in [3.63, 3.8) is 0 Å². The molecular weight excluding hydrogens is 321 g/mol. The third kappa shape index (κ3) is 5.14. The maximum absolute atomic E-state index is 13.2. The van der Waals surface area contributed by atoms with Crippen molar-refractivity contribution in [2.45, 2.75) is 58.3 Å². The molecule has 0 aliphatic carbocycles. The fourth-order valence-electron chi connectivity index (χ4n) is 2.95. The Morgan fingerprint density at radius 1 is 1.29 bits per heavy atom. The van der Waals surface area contributed by atoms with Crippen LogP contribution < -0.4 is 5.32 Å². The van der Waals surface area contributed by atoms with Crippen LogP contribution in [0.1, 0.15) is 46.1 Å². The molecule has 2 heterocycles. The van der Waals surface area contributed by atoms with Crippen LogP contribution in [0.4, 0.5) is 18.0 Å². The second-order valence-corrected chi connectivity index (χ2v) is 7.54. The first kappa shape index (κ1) is 18.6. The van der Waals surface area contributed by atoms with E-state index in [4.69, 9.17) is 0 Å². The van der Waals surface area contributed by atoms with Gasteiger partial charge in [-0.3, -0.25) is 0 Å². The zero-order valence-corrected chi connectivity index (χ0v) is 14.3. The standard InChI is InChI=1S/C16H25F3N4O/c1-15(2,3)10-13(16(17,18)19)21-14(24)22-7-4-12(5-8-22)23-9-6-20-11-23/h6,9,11-13H,4-5,7-8,10H2,1-3H3,(H,21,24). The highest BCUT2D eigenvalue weighted by Crippen LogP contribution is 2.31. The number of rotatable bonds is 3. The van der Waals surface area contributed by atoms with Crippen molar-refractivity contribution in [2.24, 2.45) is 5.41 Å². The highest BCUT2D eigenvalue weighted by atomic mass is 19.4. The minimum atomic E-state index is -4.45. The molecule has 0 aromatic carbocycles. The summed E-state index contributed by atoms with van der Waals surface area (Å²) in [7, 11) is 0. The normalized spacial score (nSPS) is 18.5. The number of nitrogens with zero attached hydrogens (tertiary/aromatic N) is 3. The van der Waals surface area contributed by atoms with Gasteiger partial charge >= 0.3 is 12.2 Å². The number of alkyl halides is 3. The number of carbonyl (C=O) groups is 1. The molecule has 136 valence electrons. The summed E-state index contributed by atoms with van der Waals surface area (Å²) in [5.74, 6) is 0. The Bertz CT molecular complexity index is 529. The summed E-state index contributed by atoms with van der Waals surface area (Å²) in [5, 5.41) is 2.18. The van der Waals surface area contributed by atoms with Gasteiger partial charge < -0.3 is 14.8 Å². The smallest absolute Gasteiger partial charge is 0.334 e. The molecule has 24 heavy (non-hydrogen) atoms. The highest BCUT2D eigenvalue weighted by molar-refractivity contribution is 5.74. The summed E-state index contributed by atoms with van der Waals surface area (Å²) in [5.41, 5.74) is -0.526. The molecule has 1 fully saturated rings. The minimum Gasteiger partial charge on any atom is -0.334 e. The second kappa shape index (κ2) is 7.03. The maximum atomic E-state index is 13.2. The van der Waals surface area contributed by atoms with Gasteiger partial charge in [0.15, 0.2) is 0 Å². The molecule has 8 heteroatoms. The van der Waals surface area contributed by atoms with Crippen LogP contribution >= 0.6 is 0 Å². The van der Waals surface area contributed by atoms with Crippen LogP contribution in [-0.2, 0) is 0 Å². The molecule has 0 saturated carbocycles. The van der Waals surface area contributed by atoms with Crippen LogP contribution in [0, 0.1) is 5.41 Å². The number of urea groups is 1. The van der Waals surface area contributed by atoms with E-state index in [9.17, 15) is 18.0 Å². The Balaban J connectivity index is 1.91. The number of likely N-dealkylation sites (tertiary alicyclic amines) is 1. The monoisotopic (exact) mass is 346 g/mol. The van der Waals surface area contributed by atoms with E-state index in [2.05, 4.69) is 10.3 Å². The van der Waals surface area contributed by atoms with Crippen LogP contribution in [0.3, 0.4) is 0 Å². The average Bonchev–Trinajstić information content (AvgIpc) is 2.98. The van der Waals surface area contributed by atoms with Crippen molar-refractivity contribution in [3.05, 3.63) is 18.7 Å². The Labute approximate surface area is 140 Å². The number of halogens is 3. The lowest BCUT2D eigenvalue weighted by Crippen LogP contribution is -2.53. The van der Waals surface area contributed by atoms with Gasteiger partial charge in [-0.15, -0.1) is 0 Å². The Morgan fingerprint density at radius 2 is 1.92 bits per heavy atom. The molecule has 5 nitrogen and oxygen atoms in total. The maximum Gasteiger partial charge on any atom is 0.408 e. The third-order valence-corrected chi connectivity index (χ3v) is 4.21. The molecule has 0 bridgehead atoms. The van der Waals surface area contributed by atoms with E-state index in [-0.39, 0.29) is 12.5 Å². The lowest BCUT2D eigenvalue weighted by atomic mass is 9.88. The number of carbonyl (C=O) groups excluding carboxylic acids is 1. The largest absolute Gasteiger partial charge is 0.408 e. The molecular formula is C16H25F3N4O. The number of imidazole rings is 1. The zero-order valence-electron chi connectivity index (χ0n) is 14.3. The first-order valence-electron chi connectivity index (χ1n) is 8.16. The fourth-order valence-corrected chi connectivity index (χ4v) is 2.95. The van der Waals surface area contributed by atoms with Crippen LogP contribution in [0.25, 0.3) is 0 Å². The molecule has 1 N–H and O–H groups in total. The molecule has 1 aromatic rings. The number of nitrogens with one attached hydrogen (secondary N) is 1. The molecule has 0 radical (unpaired) electrons. The quantitative estimate of drug-likeness (QED) is 0.909. The molecule has 1 aliphatic rings. The van der Waals surface area contributed by atoms with Gasteiger partial charge in [0.2, 0.25) is 0 Å². The topological polar surface area (TPSA) is 50.2 Å². The van der Waals surface area contributed by atoms with Gasteiger partial charge in [0.1, 0.15) is 6.04 Å². The van der Waals surface area contributed by atoms with Gasteiger partial charge in [-0.05, 0) is 24.7 Å². The van der Waals surface area contributed by atoms with Gasteiger partial charge in [-0.2, -0.15) is 13.2 Å². The molecule has 0 spiro atoms. The summed E-state index contributed by atoms with van der Waals surface area (Å²) in [6.45, 7) is 6.07. The molecule has 1 saturated heterocycles. The van der Waals surface area contributed by atoms with Gasteiger partial charge in [0, 0.05) is 31.5 Å². The SMILES string of the molecule is CC(C)(C)CC(NC(=O)N1CCC(n2ccnc2)CC1)C(F)(F)F. The number of piperidine rings is 1. The molecule has 1 unspecified atom stereocenters. The molecule has 2 amide bonds. The summed E-state index contributed by atoms with van der Waals surface area (Å²) in [6, 6.07) is -2.22. The molecule has 1 atom stereocenters. The van der Waals surface area contributed by atoms with Crippen molar-refractivity contribution in [1.29, 1.82) is 0 Å². The summed E-state index contributed by atoms with van der Waals surface area (Å²) in [6.07, 6.45) is 2.11. The van der Waals surface area contributed by atoms with E-state index >= 15 is 0 Å². The predicted molar refractivity (Wildman–Crippen MR) is 84.5 cm³/mol. The van der Waals surface area contributed by atoms with E-state index in [0.29, 0.717) is 25.9 Å². The number of hydrogen-bond acceptors (Lipinski definition) is 2. The van der Waals surface area contributed by atoms with Gasteiger partial charge in [0.05, 0.1) is 6.33 Å². The van der Waals surface area contributed by atoms with Gasteiger partial charge in [0.25, 0.3) is 0 Å². The summed E-state index contributed by atoms with van der Waals surface area (Å²) >= 11 is 0. The minimum absolute atomic E-state index is 0.145. The Kier molecular flexibility index (Phi) is 5.45. The lowest BCUT2D eigenvalue weighted by molar-refractivity contribution is -0.159. The van der Waals surface area contributed by atoms with E-state index in [1.165, 1.54) is 4.90 Å². The number of aromatic nitrogens is 2. The van der Waals surface area contributed by atoms with Crippen molar-refractivity contribution >= 4 is 6.03 Å². The molecule has 1 aromatic heterocycles. The van der Waals surface area contributed by atoms with Crippen molar-refractivity contribution in [3.8, 4) is 0 Å². The van der Waals surface area contributed by atoms with Crippen LogP contribution in [-0.4, -0.2) is 45.8 Å². The van der Waals surface area contributed by atoms with E-state index in [0.717, 1.165) is 0 Å². The van der Waals surface area contributed by atoms with Crippen LogP contribution in [0.15, 0.2) is 18.7 Å². The van der Waals surface area contributed by atoms with Crippen LogP contribution in [0.2, 0.25) is 0 Å². The Morgan fingerprint density at radius 3 is 2.38 bits per heavy atom. The summed E-state index contributed by atoms with van der Waals surface area (Å²) < 4.78 is 41.5. The van der Waals surface area contributed by atoms with Gasteiger partial charge in [-0.25, -0.2) is 9.78 Å². The van der Waals surface area contributed by atoms with E-state index in [1.807, 2.05) is 10.8 Å². The lowest BCUT2D eigenvalue weighted by Gasteiger charge is -2.35. The first-order chi connectivity index (χ1) is 11.1. The van der Waals surface area contributed by atoms with Crippen molar-refractivity contribution in [1.82, 2.24) is 19.8 Å². The van der Waals surface area contributed by atoms with Gasteiger partial charge in [-0.1, -0.05) is 20.8 Å². The predicted octanol–water partition coefficient (Wildman–Crippen LogP) is 3.60. The number of hydrogen-bond donors (Lipinski definition) is 1. The third-order valence-electron chi connectivity index (χ3n) is 4.21. The van der Waals surface area contributed by atoms with Crippen molar-refractivity contribution < 1.29 is 18.0 Å². The zero-order chi connectivity index (χ0) is 18.0. The highest BCUT2D eigenvalue weighted by Gasteiger charge is 2.43.